The summed E-state index contributed by atoms with van der Waals surface area (Å²) in [5, 5.41) is 12.3. The van der Waals surface area contributed by atoms with E-state index in [0.717, 1.165) is 0 Å². The van der Waals surface area contributed by atoms with E-state index < -0.39 is 29.8 Å². The van der Waals surface area contributed by atoms with Gasteiger partial charge in [0.2, 0.25) is 5.91 Å². The number of nitriles is 1. The summed E-state index contributed by atoms with van der Waals surface area (Å²) in [5.41, 5.74) is -0.739. The SMILES string of the molecule is CC=C[C@@H]1C[C@H](C#N)N(C(=O)OC(C)(C)C)[C@H]1[C@@H](NC(C)=O)C(=O)CCC. The zero-order valence-electron chi connectivity index (χ0n) is 17.1. The van der Waals surface area contributed by atoms with Crippen LogP contribution in [0.5, 0.6) is 0 Å². The molecule has 7 heteroatoms. The highest BCUT2D eigenvalue weighted by atomic mass is 16.6. The second-order valence-corrected chi connectivity index (χ2v) is 7.84. The van der Waals surface area contributed by atoms with Crippen molar-refractivity contribution in [3.63, 3.8) is 0 Å². The topological polar surface area (TPSA) is 99.5 Å². The lowest BCUT2D eigenvalue weighted by Crippen LogP contribution is -2.58. The number of amides is 2. The number of rotatable bonds is 6. The van der Waals surface area contributed by atoms with Crippen LogP contribution in [0.15, 0.2) is 12.2 Å². The largest absolute Gasteiger partial charge is 0.444 e. The second kappa shape index (κ2) is 9.54. The Morgan fingerprint density at radius 3 is 2.44 bits per heavy atom. The molecule has 0 saturated carbocycles. The Hall–Kier alpha value is -2.36. The maximum atomic E-state index is 12.9. The van der Waals surface area contributed by atoms with Crippen LogP contribution in [-0.4, -0.2) is 46.4 Å². The predicted molar refractivity (Wildman–Crippen MR) is 102 cm³/mol. The molecule has 0 aromatic heterocycles. The number of carbonyl (C=O) groups is 3. The first-order valence-corrected chi connectivity index (χ1v) is 9.39. The van der Waals surface area contributed by atoms with Gasteiger partial charge in [0.1, 0.15) is 17.7 Å². The van der Waals surface area contributed by atoms with Gasteiger partial charge in [-0.15, -0.1) is 0 Å². The standard InChI is InChI=1S/C20H31N3O4/c1-7-9-14-11-15(12-21)23(19(26)27-20(4,5)6)18(14)17(22-13(3)24)16(25)10-8-2/h7,9,14-15,17-18H,8,10-11H2,1-6H3,(H,22,24)/t14-,15-,17+,18-/m1/s1. The molecular weight excluding hydrogens is 346 g/mol. The number of ketones is 1. The lowest BCUT2D eigenvalue weighted by molar-refractivity contribution is -0.128. The Morgan fingerprint density at radius 1 is 1.37 bits per heavy atom. The fraction of sp³-hybridized carbons (Fsp3) is 0.700. The Bertz CT molecular complexity index is 630. The third kappa shape index (κ3) is 6.09. The molecule has 2 amide bonds. The van der Waals surface area contributed by atoms with Gasteiger partial charge in [0.05, 0.1) is 12.1 Å². The zero-order chi connectivity index (χ0) is 20.8. The minimum absolute atomic E-state index is 0.153. The van der Waals surface area contributed by atoms with E-state index in [4.69, 9.17) is 4.74 Å². The molecule has 0 spiro atoms. The summed E-state index contributed by atoms with van der Waals surface area (Å²) < 4.78 is 5.49. The van der Waals surface area contributed by atoms with Crippen LogP contribution in [-0.2, 0) is 14.3 Å². The minimum Gasteiger partial charge on any atom is -0.444 e. The number of hydrogen-bond acceptors (Lipinski definition) is 5. The molecule has 1 aliphatic heterocycles. The quantitative estimate of drug-likeness (QED) is 0.717. The third-order valence-corrected chi connectivity index (χ3v) is 4.33. The molecule has 0 aliphatic carbocycles. The Labute approximate surface area is 161 Å². The van der Waals surface area contributed by atoms with Crippen molar-refractivity contribution in [2.24, 2.45) is 5.92 Å². The van der Waals surface area contributed by atoms with Crippen molar-refractivity contribution in [3.8, 4) is 6.07 Å². The van der Waals surface area contributed by atoms with Crippen molar-refractivity contribution >= 4 is 17.8 Å². The van der Waals surface area contributed by atoms with Crippen LogP contribution in [0.1, 0.15) is 60.8 Å². The molecule has 1 aliphatic rings. The fourth-order valence-electron chi connectivity index (χ4n) is 3.43. The van der Waals surface area contributed by atoms with Crippen LogP contribution >= 0.6 is 0 Å². The van der Waals surface area contributed by atoms with Gasteiger partial charge in [-0.3, -0.25) is 14.5 Å². The van der Waals surface area contributed by atoms with Gasteiger partial charge in [0.15, 0.2) is 5.78 Å². The average Bonchev–Trinajstić information content (AvgIpc) is 2.89. The Kier molecular flexibility index (Phi) is 8.01. The van der Waals surface area contributed by atoms with Gasteiger partial charge in [-0.05, 0) is 40.5 Å². The van der Waals surface area contributed by atoms with Gasteiger partial charge in [0, 0.05) is 19.3 Å². The highest BCUT2D eigenvalue weighted by Gasteiger charge is 2.50. The van der Waals surface area contributed by atoms with E-state index in [1.165, 1.54) is 11.8 Å². The number of Topliss-reactive ketones (excluding diaryl/α,β-unsaturated/α-hetero) is 1. The van der Waals surface area contributed by atoms with Crippen molar-refractivity contribution in [3.05, 3.63) is 12.2 Å². The molecular formula is C20H31N3O4. The molecule has 0 bridgehead atoms. The normalized spacial score (nSPS) is 23.7. The summed E-state index contributed by atoms with van der Waals surface area (Å²) in [5.74, 6) is -0.739. The summed E-state index contributed by atoms with van der Waals surface area (Å²) in [4.78, 5) is 38.7. The van der Waals surface area contributed by atoms with Crippen molar-refractivity contribution < 1.29 is 19.1 Å². The number of ether oxygens (including phenoxy) is 1. The van der Waals surface area contributed by atoms with Gasteiger partial charge in [0.25, 0.3) is 0 Å². The van der Waals surface area contributed by atoms with E-state index in [1.807, 2.05) is 26.0 Å². The van der Waals surface area contributed by atoms with Crippen LogP contribution in [0.3, 0.4) is 0 Å². The number of nitrogens with zero attached hydrogens (tertiary/aromatic N) is 2. The Balaban J connectivity index is 3.39. The van der Waals surface area contributed by atoms with Gasteiger partial charge < -0.3 is 10.1 Å². The molecule has 4 atom stereocenters. The molecule has 1 heterocycles. The van der Waals surface area contributed by atoms with Crippen LogP contribution in [0, 0.1) is 17.2 Å². The zero-order valence-corrected chi connectivity index (χ0v) is 17.1. The molecule has 27 heavy (non-hydrogen) atoms. The molecule has 1 rings (SSSR count). The number of likely N-dealkylation sites (tertiary alicyclic amines) is 1. The number of nitrogens with one attached hydrogen (secondary N) is 1. The fourth-order valence-corrected chi connectivity index (χ4v) is 3.43. The molecule has 0 aromatic carbocycles. The molecule has 1 N–H and O–H groups in total. The molecule has 0 radical (unpaired) electrons. The van der Waals surface area contributed by atoms with E-state index in [-0.39, 0.29) is 24.0 Å². The van der Waals surface area contributed by atoms with Crippen molar-refractivity contribution in [1.29, 1.82) is 5.26 Å². The summed E-state index contributed by atoms with van der Waals surface area (Å²) in [7, 11) is 0. The van der Waals surface area contributed by atoms with Gasteiger partial charge in [-0.25, -0.2) is 4.79 Å². The molecule has 1 saturated heterocycles. The van der Waals surface area contributed by atoms with Gasteiger partial charge in [-0.2, -0.15) is 5.26 Å². The van der Waals surface area contributed by atoms with Crippen LogP contribution < -0.4 is 5.32 Å². The summed E-state index contributed by atoms with van der Waals surface area (Å²) >= 11 is 0. The maximum absolute atomic E-state index is 12.9. The smallest absolute Gasteiger partial charge is 0.411 e. The van der Waals surface area contributed by atoms with E-state index in [9.17, 15) is 19.6 Å². The lowest BCUT2D eigenvalue weighted by Gasteiger charge is -2.35. The highest BCUT2D eigenvalue weighted by molar-refractivity contribution is 5.90. The summed E-state index contributed by atoms with van der Waals surface area (Å²) in [6.45, 7) is 10.3. The van der Waals surface area contributed by atoms with Crippen LogP contribution in [0.25, 0.3) is 0 Å². The van der Waals surface area contributed by atoms with Gasteiger partial charge in [-0.1, -0.05) is 19.1 Å². The first-order valence-electron chi connectivity index (χ1n) is 9.39. The lowest BCUT2D eigenvalue weighted by atomic mass is 9.89. The molecule has 0 aromatic rings. The van der Waals surface area contributed by atoms with E-state index >= 15 is 0 Å². The monoisotopic (exact) mass is 377 g/mol. The Morgan fingerprint density at radius 2 is 2.00 bits per heavy atom. The van der Waals surface area contributed by atoms with Crippen molar-refractivity contribution in [1.82, 2.24) is 10.2 Å². The maximum Gasteiger partial charge on any atom is 0.411 e. The van der Waals surface area contributed by atoms with Crippen molar-refractivity contribution in [2.45, 2.75) is 84.5 Å². The third-order valence-electron chi connectivity index (χ3n) is 4.33. The summed E-state index contributed by atoms with van der Waals surface area (Å²) in [6.07, 6.45) is 4.37. The van der Waals surface area contributed by atoms with Crippen molar-refractivity contribution in [2.75, 3.05) is 0 Å². The number of allylic oxidation sites excluding steroid dienone is 1. The average molecular weight is 377 g/mol. The molecule has 1 fully saturated rings. The van der Waals surface area contributed by atoms with E-state index in [1.54, 1.807) is 20.8 Å². The highest BCUT2D eigenvalue weighted by Crippen LogP contribution is 2.35. The van der Waals surface area contributed by atoms with Gasteiger partial charge >= 0.3 is 6.09 Å². The molecule has 7 nitrogen and oxygen atoms in total. The minimum atomic E-state index is -0.880. The van der Waals surface area contributed by atoms with Crippen LogP contribution in [0.4, 0.5) is 4.79 Å². The first-order chi connectivity index (χ1) is 12.6. The molecule has 0 unspecified atom stereocenters. The first kappa shape index (κ1) is 22.7. The molecule has 150 valence electrons. The predicted octanol–water partition coefficient (Wildman–Crippen LogP) is 2.95. The second-order valence-electron chi connectivity index (χ2n) is 7.84. The van der Waals surface area contributed by atoms with E-state index in [2.05, 4.69) is 11.4 Å². The number of carbonyl (C=O) groups excluding carboxylic acids is 3. The number of hydrogen-bond donors (Lipinski definition) is 1. The van der Waals surface area contributed by atoms with Crippen LogP contribution in [0.2, 0.25) is 0 Å². The summed E-state index contributed by atoms with van der Waals surface area (Å²) in [6, 6.07) is -0.123. The van der Waals surface area contributed by atoms with E-state index in [0.29, 0.717) is 12.8 Å².